The fourth-order valence-corrected chi connectivity index (χ4v) is 7.75. The lowest BCUT2D eigenvalue weighted by atomic mass is 9.79. The molecule has 0 saturated heterocycles. The van der Waals surface area contributed by atoms with Crippen molar-refractivity contribution in [3.05, 3.63) is 46.5 Å². The molecule has 0 unspecified atom stereocenters. The van der Waals surface area contributed by atoms with Crippen LogP contribution in [0.15, 0.2) is 34.1 Å². The van der Waals surface area contributed by atoms with E-state index in [0.717, 1.165) is 32.0 Å². The number of ether oxygens (including phenoxy) is 1. The molecule has 0 bridgehead atoms. The van der Waals surface area contributed by atoms with E-state index in [-0.39, 0.29) is 32.3 Å². The highest BCUT2D eigenvalue weighted by molar-refractivity contribution is 8.18. The first kappa shape index (κ1) is 40.7. The van der Waals surface area contributed by atoms with Crippen molar-refractivity contribution in [3.8, 4) is 11.5 Å². The van der Waals surface area contributed by atoms with E-state index in [2.05, 4.69) is 121 Å². The van der Waals surface area contributed by atoms with E-state index in [1.54, 1.807) is 23.5 Å². The average molecular weight is 681 g/mol. The van der Waals surface area contributed by atoms with Gasteiger partial charge in [-0.3, -0.25) is 0 Å². The van der Waals surface area contributed by atoms with Crippen LogP contribution >= 0.6 is 23.5 Å². The lowest BCUT2D eigenvalue weighted by molar-refractivity contribution is -0.121. The maximum atomic E-state index is 11.2. The van der Waals surface area contributed by atoms with Crippen molar-refractivity contribution in [2.45, 2.75) is 157 Å². The number of rotatable bonds is 11. The molecule has 0 aliphatic heterocycles. The van der Waals surface area contributed by atoms with Crippen molar-refractivity contribution in [2.75, 3.05) is 13.2 Å². The molecule has 0 aliphatic carbocycles. The summed E-state index contributed by atoms with van der Waals surface area (Å²) >= 11 is 3.51. The van der Waals surface area contributed by atoms with Crippen molar-refractivity contribution < 1.29 is 35.4 Å². The minimum absolute atomic E-state index is 0.225. The van der Waals surface area contributed by atoms with Crippen LogP contribution in [0.1, 0.15) is 119 Å². The first-order chi connectivity index (χ1) is 20.6. The predicted molar refractivity (Wildman–Crippen MR) is 192 cm³/mol. The molecule has 262 valence electrons. The van der Waals surface area contributed by atoms with Gasteiger partial charge in [-0.25, -0.2) is 0 Å². The summed E-state index contributed by atoms with van der Waals surface area (Å²) in [6.07, 6.45) is -6.51. The van der Waals surface area contributed by atoms with Crippen LogP contribution in [0.5, 0.6) is 11.5 Å². The molecule has 0 spiro atoms. The monoisotopic (exact) mass is 680 g/mol. The van der Waals surface area contributed by atoms with Gasteiger partial charge in [0.1, 0.15) is 42.5 Å². The Labute approximate surface area is 286 Å². The van der Waals surface area contributed by atoms with E-state index >= 15 is 0 Å². The number of thioether (sulfide) groups is 2. The molecule has 6 N–H and O–H groups in total. The molecule has 0 aromatic heterocycles. The third-order valence-electron chi connectivity index (χ3n) is 7.83. The van der Waals surface area contributed by atoms with Crippen LogP contribution in [0.3, 0.4) is 0 Å². The van der Waals surface area contributed by atoms with E-state index in [1.807, 2.05) is 0 Å². The van der Waals surface area contributed by atoms with E-state index in [1.165, 1.54) is 0 Å². The van der Waals surface area contributed by atoms with Crippen molar-refractivity contribution in [2.24, 2.45) is 0 Å². The van der Waals surface area contributed by atoms with Gasteiger partial charge in [-0.05, 0) is 59.8 Å². The van der Waals surface area contributed by atoms with Crippen molar-refractivity contribution in [1.29, 1.82) is 0 Å². The number of aliphatic hydroxyl groups is 5. The summed E-state index contributed by atoms with van der Waals surface area (Å²) < 4.78 is 5.95. The summed E-state index contributed by atoms with van der Waals surface area (Å²) in [6, 6.07) is 8.49. The fraction of sp³-hybridized carbons (Fsp3) is 0.676. The van der Waals surface area contributed by atoms with Crippen molar-refractivity contribution in [1.82, 2.24) is 0 Å². The second-order valence-electron chi connectivity index (χ2n) is 16.9. The largest absolute Gasteiger partial charge is 0.507 e. The third kappa shape index (κ3) is 10.5. The molecule has 0 amide bonds. The van der Waals surface area contributed by atoms with E-state index in [9.17, 15) is 25.5 Å². The molecular weight excluding hydrogens is 621 g/mol. The number of aromatic hydroxyl groups is 1. The Hall–Kier alpha value is -1.46. The number of phenolic OH excluding ortho intramolecular Hbond substituents is 1. The summed E-state index contributed by atoms with van der Waals surface area (Å²) in [5.41, 5.74) is 2.63. The quantitative estimate of drug-likeness (QED) is 0.110. The summed E-state index contributed by atoms with van der Waals surface area (Å²) in [4.78, 5) is 2.16. The molecule has 0 heterocycles. The Balaban J connectivity index is 2.56. The second kappa shape index (κ2) is 14.6. The summed E-state index contributed by atoms with van der Waals surface area (Å²) in [5, 5.41) is 61.2. The van der Waals surface area contributed by atoms with Gasteiger partial charge in [0.05, 0.1) is 10.7 Å². The van der Waals surface area contributed by atoms with Gasteiger partial charge in [0.2, 0.25) is 0 Å². The first-order valence-corrected chi connectivity index (χ1v) is 17.6. The second-order valence-corrected chi connectivity index (χ2v) is 20.6. The molecule has 7 nitrogen and oxygen atoms in total. The average Bonchev–Trinajstić information content (AvgIpc) is 2.88. The Morgan fingerprint density at radius 2 is 0.891 bits per heavy atom. The van der Waals surface area contributed by atoms with Crippen LogP contribution < -0.4 is 4.74 Å². The molecule has 0 radical (unpaired) electrons. The Kier molecular flexibility index (Phi) is 12.9. The van der Waals surface area contributed by atoms with Crippen molar-refractivity contribution >= 4 is 23.5 Å². The number of hydrogen-bond donors (Lipinski definition) is 6. The minimum atomic E-state index is -1.72. The van der Waals surface area contributed by atoms with Gasteiger partial charge >= 0.3 is 0 Å². The van der Waals surface area contributed by atoms with Crippen LogP contribution in [0.4, 0.5) is 0 Å². The molecule has 0 saturated carbocycles. The van der Waals surface area contributed by atoms with Gasteiger partial charge in [0.25, 0.3) is 0 Å². The normalized spacial score (nSPS) is 16.2. The molecule has 4 atom stereocenters. The van der Waals surface area contributed by atoms with E-state index in [0.29, 0.717) is 11.5 Å². The molecule has 2 rings (SSSR count). The predicted octanol–water partition coefficient (Wildman–Crippen LogP) is 7.02. The van der Waals surface area contributed by atoms with Crippen LogP contribution in [0.2, 0.25) is 0 Å². The minimum Gasteiger partial charge on any atom is -0.507 e. The molecular formula is C37H60O7S2. The SMILES string of the molecule is CC(C)(Sc1cc(C(C)(C)C)c(O)c(C(C)(C)C)c1)Sc1cc(C(C)(C)C)c(OC[C@@H](O)[C@@H](O)[C@H](O)[C@@H](O)CO)c(C(C)(C)C)c1. The zero-order valence-electron chi connectivity index (χ0n) is 30.4. The standard InChI is InChI=1S/C37H60O7S2/c1-33(2,3)23-15-21(16-24(29(23)41)34(4,5)6)45-37(13,14)46-22-17-25(35(7,8)9)32(26(18-22)36(10,11)12)44-20-28(40)31(43)30(42)27(39)19-38/h15-18,27-28,30-31,38-43H,19-20H2,1-14H3/t27-,28+,30+,31+/m0/s1. The fourth-order valence-electron chi connectivity index (χ4n) is 5.16. The van der Waals surface area contributed by atoms with Crippen LogP contribution in [0, 0.1) is 0 Å². The van der Waals surface area contributed by atoms with Gasteiger partial charge in [-0.1, -0.05) is 83.1 Å². The zero-order valence-corrected chi connectivity index (χ0v) is 32.1. The van der Waals surface area contributed by atoms with Gasteiger partial charge in [-0.2, -0.15) is 0 Å². The Bertz CT molecular complexity index is 1260. The number of aliphatic hydroxyl groups excluding tert-OH is 5. The third-order valence-corrected chi connectivity index (χ3v) is 10.3. The van der Waals surface area contributed by atoms with E-state index < -0.39 is 31.0 Å². The maximum Gasteiger partial charge on any atom is 0.126 e. The lowest BCUT2D eigenvalue weighted by Gasteiger charge is -2.33. The van der Waals surface area contributed by atoms with Crippen LogP contribution in [0.25, 0.3) is 0 Å². The Morgan fingerprint density at radius 1 is 0.565 bits per heavy atom. The maximum absolute atomic E-state index is 11.2. The summed E-state index contributed by atoms with van der Waals surface area (Å²) in [5.74, 6) is 0.980. The number of hydrogen-bond acceptors (Lipinski definition) is 9. The molecule has 46 heavy (non-hydrogen) atoms. The topological polar surface area (TPSA) is 131 Å². The molecule has 0 aliphatic rings. The highest BCUT2D eigenvalue weighted by Gasteiger charge is 2.34. The van der Waals surface area contributed by atoms with Gasteiger partial charge in [-0.15, -0.1) is 23.5 Å². The van der Waals surface area contributed by atoms with Crippen LogP contribution in [-0.4, -0.2) is 72.3 Å². The smallest absolute Gasteiger partial charge is 0.126 e. The van der Waals surface area contributed by atoms with Gasteiger partial charge < -0.3 is 35.4 Å². The van der Waals surface area contributed by atoms with E-state index in [4.69, 9.17) is 9.84 Å². The molecule has 2 aromatic carbocycles. The summed E-state index contributed by atoms with van der Waals surface area (Å²) in [7, 11) is 0. The van der Waals surface area contributed by atoms with Crippen LogP contribution in [-0.2, 0) is 21.7 Å². The molecule has 9 heteroatoms. The van der Waals surface area contributed by atoms with Crippen molar-refractivity contribution in [3.63, 3.8) is 0 Å². The molecule has 2 aromatic rings. The number of benzene rings is 2. The number of phenols is 1. The Morgan fingerprint density at radius 3 is 1.22 bits per heavy atom. The first-order valence-electron chi connectivity index (χ1n) is 16.0. The lowest BCUT2D eigenvalue weighted by Crippen LogP contribution is -2.47. The zero-order chi connectivity index (χ0) is 35.8. The highest BCUT2D eigenvalue weighted by Crippen LogP contribution is 2.51. The summed E-state index contributed by atoms with van der Waals surface area (Å²) in [6.45, 7) is 28.6. The molecule has 0 fully saturated rings. The highest BCUT2D eigenvalue weighted by atomic mass is 32.2. The van der Waals surface area contributed by atoms with Gasteiger partial charge in [0.15, 0.2) is 0 Å². The van der Waals surface area contributed by atoms with Gasteiger partial charge in [0, 0.05) is 32.0 Å².